The first-order chi connectivity index (χ1) is 13.9. The van der Waals surface area contributed by atoms with Crippen LogP contribution in [0.25, 0.3) is 0 Å². The van der Waals surface area contributed by atoms with Crippen LogP contribution in [-0.2, 0) is 4.79 Å². The van der Waals surface area contributed by atoms with Gasteiger partial charge < -0.3 is 20.0 Å². The highest BCUT2D eigenvalue weighted by molar-refractivity contribution is 6.04. The molecular weight excluding hydrogens is 374 g/mol. The summed E-state index contributed by atoms with van der Waals surface area (Å²) in [6.45, 7) is 2.25. The Kier molecular flexibility index (Phi) is 4.79. The lowest BCUT2D eigenvalue weighted by molar-refractivity contribution is -0.384. The molecule has 0 aromatic heterocycles. The van der Waals surface area contributed by atoms with Crippen molar-refractivity contribution in [2.45, 2.75) is 0 Å². The summed E-state index contributed by atoms with van der Waals surface area (Å²) in [7, 11) is 1.83. The van der Waals surface area contributed by atoms with E-state index in [9.17, 15) is 19.7 Å². The zero-order valence-electron chi connectivity index (χ0n) is 16.0. The predicted molar refractivity (Wildman–Crippen MR) is 110 cm³/mol. The molecule has 9 nitrogen and oxygen atoms in total. The van der Waals surface area contributed by atoms with Crippen molar-refractivity contribution in [1.82, 2.24) is 4.90 Å². The van der Waals surface area contributed by atoms with Crippen LogP contribution < -0.4 is 15.1 Å². The summed E-state index contributed by atoms with van der Waals surface area (Å²) < 4.78 is 0. The third-order valence-electron chi connectivity index (χ3n) is 5.30. The quantitative estimate of drug-likeness (QED) is 0.630. The molecule has 2 aliphatic rings. The molecule has 1 saturated heterocycles. The molecule has 1 N–H and O–H groups in total. The zero-order valence-corrected chi connectivity index (χ0v) is 16.0. The van der Waals surface area contributed by atoms with Crippen LogP contribution in [0.1, 0.15) is 10.4 Å². The summed E-state index contributed by atoms with van der Waals surface area (Å²) in [5, 5.41) is 14.1. The molecular formula is C20H21N5O4. The molecule has 0 bridgehead atoms. The molecule has 0 aliphatic carbocycles. The number of nitro groups is 1. The van der Waals surface area contributed by atoms with E-state index < -0.39 is 0 Å². The second kappa shape index (κ2) is 7.42. The molecule has 9 heteroatoms. The highest BCUT2D eigenvalue weighted by atomic mass is 16.6. The largest absolute Gasteiger partial charge is 0.364 e. The number of carbonyl (C=O) groups is 2. The number of benzene rings is 2. The van der Waals surface area contributed by atoms with Gasteiger partial charge in [-0.25, -0.2) is 0 Å². The molecule has 29 heavy (non-hydrogen) atoms. The van der Waals surface area contributed by atoms with Crippen LogP contribution in [0.4, 0.5) is 22.7 Å². The summed E-state index contributed by atoms with van der Waals surface area (Å²) in [6.07, 6.45) is 0. The number of likely N-dealkylation sites (N-methyl/N-ethyl adjacent to an activating group) is 1. The summed E-state index contributed by atoms with van der Waals surface area (Å²) in [6, 6.07) is 12.0. The Balaban J connectivity index is 1.47. The third kappa shape index (κ3) is 3.58. The Hall–Kier alpha value is -3.62. The maximum Gasteiger partial charge on any atom is 0.292 e. The van der Waals surface area contributed by atoms with Crippen LogP contribution in [0.2, 0.25) is 0 Å². The molecule has 0 atom stereocenters. The maximum absolute atomic E-state index is 12.9. The van der Waals surface area contributed by atoms with Gasteiger partial charge in [0.2, 0.25) is 5.91 Å². The minimum absolute atomic E-state index is 0.0711. The van der Waals surface area contributed by atoms with Gasteiger partial charge in [0.15, 0.2) is 0 Å². The van der Waals surface area contributed by atoms with E-state index in [1.807, 2.05) is 22.9 Å². The van der Waals surface area contributed by atoms with Gasteiger partial charge in [-0.1, -0.05) is 12.1 Å². The highest BCUT2D eigenvalue weighted by Crippen LogP contribution is 2.31. The summed E-state index contributed by atoms with van der Waals surface area (Å²) in [5.74, 6) is -0.222. The molecule has 1 fully saturated rings. The predicted octanol–water partition coefficient (Wildman–Crippen LogP) is 1.95. The van der Waals surface area contributed by atoms with Crippen LogP contribution >= 0.6 is 0 Å². The molecule has 2 amide bonds. The summed E-state index contributed by atoms with van der Waals surface area (Å²) in [4.78, 5) is 41.1. The summed E-state index contributed by atoms with van der Waals surface area (Å²) in [5.41, 5.74) is 2.67. The van der Waals surface area contributed by atoms with Gasteiger partial charge in [0.25, 0.3) is 11.6 Å². The standard InChI is InChI=1S/C20H21N5O4/c1-22-13-19(26)21-15-12-14(6-7-16(15)22)20(27)24-10-8-23(9-11-24)17-4-2-3-5-18(17)25(28)29/h2-7,12H,8-11,13H2,1H3,(H,21,26). The fourth-order valence-electron chi connectivity index (χ4n) is 3.81. The lowest BCUT2D eigenvalue weighted by atomic mass is 10.1. The van der Waals surface area contributed by atoms with Gasteiger partial charge in [0.1, 0.15) is 5.69 Å². The zero-order chi connectivity index (χ0) is 20.5. The number of piperazine rings is 1. The number of amides is 2. The van der Waals surface area contributed by atoms with Crippen molar-refractivity contribution in [3.05, 3.63) is 58.1 Å². The lowest BCUT2D eigenvalue weighted by Gasteiger charge is -2.36. The average Bonchev–Trinajstić information content (AvgIpc) is 2.72. The number of rotatable bonds is 3. The Morgan fingerprint density at radius 3 is 2.52 bits per heavy atom. The second-order valence-corrected chi connectivity index (χ2v) is 7.16. The van der Waals surface area contributed by atoms with E-state index in [1.165, 1.54) is 6.07 Å². The van der Waals surface area contributed by atoms with E-state index in [0.29, 0.717) is 43.1 Å². The molecule has 0 spiro atoms. The molecule has 2 heterocycles. The Morgan fingerprint density at radius 1 is 1.07 bits per heavy atom. The number of carbonyl (C=O) groups excluding carboxylic acids is 2. The number of nitrogens with zero attached hydrogens (tertiary/aromatic N) is 4. The molecule has 0 unspecified atom stereocenters. The van der Waals surface area contributed by atoms with Gasteiger partial charge in [-0.05, 0) is 24.3 Å². The minimum Gasteiger partial charge on any atom is -0.364 e. The fraction of sp³-hybridized carbons (Fsp3) is 0.300. The van der Waals surface area contributed by atoms with Gasteiger partial charge in [-0.3, -0.25) is 19.7 Å². The average molecular weight is 395 g/mol. The topological polar surface area (TPSA) is 99.0 Å². The van der Waals surface area contributed by atoms with Crippen LogP contribution in [0.5, 0.6) is 0 Å². The van der Waals surface area contributed by atoms with E-state index in [1.54, 1.807) is 35.2 Å². The Labute approximate surface area is 167 Å². The number of para-hydroxylation sites is 2. The maximum atomic E-state index is 12.9. The van der Waals surface area contributed by atoms with Crippen LogP contribution in [-0.4, -0.2) is 61.4 Å². The third-order valence-corrected chi connectivity index (χ3v) is 5.30. The van der Waals surface area contributed by atoms with Crippen molar-refractivity contribution in [3.63, 3.8) is 0 Å². The molecule has 2 aromatic carbocycles. The van der Waals surface area contributed by atoms with Gasteiger partial charge in [-0.2, -0.15) is 0 Å². The van der Waals surface area contributed by atoms with Crippen molar-refractivity contribution < 1.29 is 14.5 Å². The van der Waals surface area contributed by atoms with E-state index >= 15 is 0 Å². The molecule has 0 radical (unpaired) electrons. The first-order valence-electron chi connectivity index (χ1n) is 9.37. The Bertz CT molecular complexity index is 985. The monoisotopic (exact) mass is 395 g/mol. The number of anilines is 3. The van der Waals surface area contributed by atoms with Gasteiger partial charge >= 0.3 is 0 Å². The number of hydrogen-bond acceptors (Lipinski definition) is 6. The SMILES string of the molecule is CN1CC(=O)Nc2cc(C(=O)N3CCN(c4ccccc4[N+](=O)[O-])CC3)ccc21. The van der Waals surface area contributed by atoms with E-state index in [-0.39, 0.29) is 29.0 Å². The number of fused-ring (bicyclic) bond motifs is 1. The van der Waals surface area contributed by atoms with Crippen LogP contribution in [0.15, 0.2) is 42.5 Å². The number of nitro benzene ring substituents is 1. The minimum atomic E-state index is -0.384. The number of hydrogen-bond donors (Lipinski definition) is 1. The van der Waals surface area contributed by atoms with Gasteiger partial charge in [0, 0.05) is 44.9 Å². The van der Waals surface area contributed by atoms with E-state index in [4.69, 9.17) is 0 Å². The fourth-order valence-corrected chi connectivity index (χ4v) is 3.81. The van der Waals surface area contributed by atoms with Crippen LogP contribution in [0.3, 0.4) is 0 Å². The van der Waals surface area contributed by atoms with Crippen molar-refractivity contribution in [2.75, 3.05) is 54.9 Å². The molecule has 2 aromatic rings. The highest BCUT2D eigenvalue weighted by Gasteiger charge is 2.27. The molecule has 4 rings (SSSR count). The van der Waals surface area contributed by atoms with E-state index in [0.717, 1.165) is 5.69 Å². The molecule has 150 valence electrons. The van der Waals surface area contributed by atoms with Crippen molar-refractivity contribution in [1.29, 1.82) is 0 Å². The van der Waals surface area contributed by atoms with Crippen molar-refractivity contribution >= 4 is 34.6 Å². The Morgan fingerprint density at radius 2 is 1.79 bits per heavy atom. The number of nitrogens with one attached hydrogen (secondary N) is 1. The van der Waals surface area contributed by atoms with Crippen LogP contribution in [0, 0.1) is 10.1 Å². The first-order valence-corrected chi connectivity index (χ1v) is 9.37. The van der Waals surface area contributed by atoms with Crippen molar-refractivity contribution in [3.8, 4) is 0 Å². The normalized spacial score (nSPS) is 16.3. The summed E-state index contributed by atoms with van der Waals surface area (Å²) >= 11 is 0. The lowest BCUT2D eigenvalue weighted by Crippen LogP contribution is -2.49. The van der Waals surface area contributed by atoms with Crippen molar-refractivity contribution in [2.24, 2.45) is 0 Å². The first kappa shape index (κ1) is 18.7. The second-order valence-electron chi connectivity index (χ2n) is 7.16. The van der Waals surface area contributed by atoms with E-state index in [2.05, 4.69) is 5.32 Å². The smallest absolute Gasteiger partial charge is 0.292 e. The molecule has 0 saturated carbocycles. The van der Waals surface area contributed by atoms with Gasteiger partial charge in [-0.15, -0.1) is 0 Å². The molecule has 2 aliphatic heterocycles. The van der Waals surface area contributed by atoms with Gasteiger partial charge in [0.05, 0.1) is 22.8 Å².